The molecule has 2 saturated heterocycles. The zero-order valence-electron chi connectivity index (χ0n) is 18.2. The van der Waals surface area contributed by atoms with Crippen LogP contribution in [0.4, 0.5) is 4.79 Å². The summed E-state index contributed by atoms with van der Waals surface area (Å²) in [7, 11) is 0. The summed E-state index contributed by atoms with van der Waals surface area (Å²) in [5, 5.41) is 6.41. The van der Waals surface area contributed by atoms with Crippen molar-refractivity contribution in [2.45, 2.75) is 50.0 Å². The Morgan fingerprint density at radius 2 is 1.84 bits per heavy atom. The second-order valence-electron chi connectivity index (χ2n) is 9.11. The van der Waals surface area contributed by atoms with Gasteiger partial charge < -0.3 is 26.0 Å². The van der Waals surface area contributed by atoms with E-state index >= 15 is 0 Å². The van der Waals surface area contributed by atoms with Crippen molar-refractivity contribution >= 4 is 11.9 Å². The first-order valence-electron chi connectivity index (χ1n) is 11.5. The standard InChI is InChI=1S/C25H30N4O3/c26-24(31)29-16-19-3-1-2-4-21(19)22(29)17-5-7-18(8-6-17)23(30)28-15-20-9-10-25(32-20)11-13-27-14-12-25/h1-8,20,22,27H,9-16H2,(H2,26,31)(H,28,30). The molecule has 0 aromatic heterocycles. The van der Waals surface area contributed by atoms with Gasteiger partial charge in [0.05, 0.1) is 17.7 Å². The van der Waals surface area contributed by atoms with Gasteiger partial charge in [-0.1, -0.05) is 36.4 Å². The molecule has 3 aliphatic rings. The summed E-state index contributed by atoms with van der Waals surface area (Å²) >= 11 is 0. The third-order valence-corrected chi connectivity index (χ3v) is 7.12. The fourth-order valence-electron chi connectivity index (χ4n) is 5.37. The third-order valence-electron chi connectivity index (χ3n) is 7.12. The third kappa shape index (κ3) is 3.98. The van der Waals surface area contributed by atoms with Gasteiger partial charge in [0.2, 0.25) is 0 Å². The molecule has 5 rings (SSSR count). The van der Waals surface area contributed by atoms with Crippen molar-refractivity contribution in [2.24, 2.45) is 5.73 Å². The second kappa shape index (κ2) is 8.56. The average molecular weight is 435 g/mol. The van der Waals surface area contributed by atoms with Crippen LogP contribution < -0.4 is 16.4 Å². The number of primary amides is 1. The van der Waals surface area contributed by atoms with Gasteiger partial charge in [-0.2, -0.15) is 0 Å². The normalized spacial score (nSPS) is 23.8. The van der Waals surface area contributed by atoms with Gasteiger partial charge in [-0.15, -0.1) is 0 Å². The Labute approximate surface area is 188 Å². The lowest BCUT2D eigenvalue weighted by atomic mass is 9.89. The topological polar surface area (TPSA) is 96.7 Å². The Hall–Kier alpha value is -2.90. The molecule has 7 nitrogen and oxygen atoms in total. The molecule has 32 heavy (non-hydrogen) atoms. The van der Waals surface area contributed by atoms with Crippen LogP contribution in [-0.2, 0) is 11.3 Å². The van der Waals surface area contributed by atoms with Crippen LogP contribution >= 0.6 is 0 Å². The van der Waals surface area contributed by atoms with Crippen molar-refractivity contribution in [3.05, 3.63) is 70.8 Å². The monoisotopic (exact) mass is 434 g/mol. The number of nitrogens with one attached hydrogen (secondary N) is 2. The van der Waals surface area contributed by atoms with Crippen molar-refractivity contribution in [3.63, 3.8) is 0 Å². The van der Waals surface area contributed by atoms with Crippen LogP contribution in [0.15, 0.2) is 48.5 Å². The summed E-state index contributed by atoms with van der Waals surface area (Å²) in [4.78, 5) is 26.4. The Bertz CT molecular complexity index is 1000. The van der Waals surface area contributed by atoms with E-state index in [2.05, 4.69) is 10.6 Å². The van der Waals surface area contributed by atoms with E-state index in [1.54, 1.807) is 4.90 Å². The molecular weight excluding hydrogens is 404 g/mol. The van der Waals surface area contributed by atoms with Crippen LogP contribution in [0.1, 0.15) is 58.8 Å². The molecular formula is C25H30N4O3. The van der Waals surface area contributed by atoms with E-state index in [1.165, 1.54) is 0 Å². The van der Waals surface area contributed by atoms with Gasteiger partial charge >= 0.3 is 6.03 Å². The summed E-state index contributed by atoms with van der Waals surface area (Å²) in [6.45, 7) is 3.03. The summed E-state index contributed by atoms with van der Waals surface area (Å²) in [6, 6.07) is 14.8. The second-order valence-corrected chi connectivity index (χ2v) is 9.11. The maximum absolute atomic E-state index is 12.7. The highest BCUT2D eigenvalue weighted by molar-refractivity contribution is 5.94. The molecule has 2 fully saturated rings. The molecule has 7 heteroatoms. The zero-order valence-corrected chi connectivity index (χ0v) is 18.2. The SMILES string of the molecule is NC(=O)N1Cc2ccccc2C1c1ccc(C(=O)NCC2CCC3(CCNCC3)O2)cc1. The predicted octanol–water partition coefficient (Wildman–Crippen LogP) is 2.70. The number of carbonyl (C=O) groups is 2. The van der Waals surface area contributed by atoms with Crippen molar-refractivity contribution in [1.82, 2.24) is 15.5 Å². The fraction of sp³-hybridized carbons (Fsp3) is 0.440. The molecule has 4 N–H and O–H groups in total. The molecule has 0 saturated carbocycles. The Morgan fingerprint density at radius 3 is 2.59 bits per heavy atom. The van der Waals surface area contributed by atoms with E-state index in [4.69, 9.17) is 10.5 Å². The first-order chi connectivity index (χ1) is 15.5. The molecule has 2 aromatic rings. The highest BCUT2D eigenvalue weighted by atomic mass is 16.5. The maximum Gasteiger partial charge on any atom is 0.315 e. The van der Waals surface area contributed by atoms with Crippen LogP contribution in [-0.4, -0.2) is 48.2 Å². The number of carbonyl (C=O) groups excluding carboxylic acids is 2. The van der Waals surface area contributed by atoms with Crippen molar-refractivity contribution in [1.29, 1.82) is 0 Å². The van der Waals surface area contributed by atoms with E-state index in [0.717, 1.165) is 55.5 Å². The number of hydrogen-bond acceptors (Lipinski definition) is 4. The van der Waals surface area contributed by atoms with Crippen molar-refractivity contribution in [3.8, 4) is 0 Å². The number of amides is 3. The number of urea groups is 1. The van der Waals surface area contributed by atoms with Gasteiger partial charge in [0, 0.05) is 18.7 Å². The molecule has 3 amide bonds. The van der Waals surface area contributed by atoms with Gasteiger partial charge in [0.25, 0.3) is 5.91 Å². The molecule has 3 aliphatic heterocycles. The Balaban J connectivity index is 1.23. The van der Waals surface area contributed by atoms with Crippen LogP contribution in [0.5, 0.6) is 0 Å². The van der Waals surface area contributed by atoms with E-state index in [0.29, 0.717) is 18.7 Å². The smallest absolute Gasteiger partial charge is 0.315 e. The minimum atomic E-state index is -0.448. The van der Waals surface area contributed by atoms with Crippen LogP contribution in [0.25, 0.3) is 0 Å². The van der Waals surface area contributed by atoms with Crippen LogP contribution in [0.2, 0.25) is 0 Å². The lowest BCUT2D eigenvalue weighted by molar-refractivity contribution is -0.0576. The zero-order chi connectivity index (χ0) is 22.1. The minimum absolute atomic E-state index is 0.00612. The number of rotatable bonds is 4. The first-order valence-corrected chi connectivity index (χ1v) is 11.5. The molecule has 0 radical (unpaired) electrons. The molecule has 2 atom stereocenters. The van der Waals surface area contributed by atoms with Gasteiger partial charge in [0.1, 0.15) is 0 Å². The first kappa shape index (κ1) is 21.0. The number of nitrogens with zero attached hydrogens (tertiary/aromatic N) is 1. The Kier molecular flexibility index (Phi) is 5.61. The quantitative estimate of drug-likeness (QED) is 0.689. The van der Waals surface area contributed by atoms with Crippen molar-refractivity contribution < 1.29 is 14.3 Å². The minimum Gasteiger partial charge on any atom is -0.370 e. The lowest BCUT2D eigenvalue weighted by Gasteiger charge is -2.33. The molecule has 2 aromatic carbocycles. The van der Waals surface area contributed by atoms with Crippen LogP contribution in [0, 0.1) is 0 Å². The predicted molar refractivity (Wildman–Crippen MR) is 121 cm³/mol. The summed E-state index contributed by atoms with van der Waals surface area (Å²) in [6.07, 6.45) is 4.24. The molecule has 0 aliphatic carbocycles. The number of nitrogens with two attached hydrogens (primary N) is 1. The van der Waals surface area contributed by atoms with Gasteiger partial charge in [-0.3, -0.25) is 4.79 Å². The number of fused-ring (bicyclic) bond motifs is 1. The summed E-state index contributed by atoms with van der Waals surface area (Å²) in [5.74, 6) is -0.106. The number of piperidine rings is 1. The van der Waals surface area contributed by atoms with Gasteiger partial charge in [-0.05, 0) is 67.6 Å². The number of benzene rings is 2. The fourth-order valence-corrected chi connectivity index (χ4v) is 5.37. The molecule has 0 bridgehead atoms. The lowest BCUT2D eigenvalue weighted by Crippen LogP contribution is -2.43. The molecule has 168 valence electrons. The van der Waals surface area contributed by atoms with E-state index in [-0.39, 0.29) is 23.7 Å². The van der Waals surface area contributed by atoms with E-state index in [1.807, 2.05) is 48.5 Å². The van der Waals surface area contributed by atoms with Crippen molar-refractivity contribution in [2.75, 3.05) is 19.6 Å². The average Bonchev–Trinajstić information content (AvgIpc) is 3.40. The highest BCUT2D eigenvalue weighted by Crippen LogP contribution is 2.38. The van der Waals surface area contributed by atoms with Crippen LogP contribution in [0.3, 0.4) is 0 Å². The van der Waals surface area contributed by atoms with Gasteiger partial charge in [0.15, 0.2) is 0 Å². The number of ether oxygens (including phenoxy) is 1. The van der Waals surface area contributed by atoms with E-state index < -0.39 is 6.03 Å². The maximum atomic E-state index is 12.7. The highest BCUT2D eigenvalue weighted by Gasteiger charge is 2.40. The van der Waals surface area contributed by atoms with Gasteiger partial charge in [-0.25, -0.2) is 4.79 Å². The summed E-state index contributed by atoms with van der Waals surface area (Å²) in [5.41, 5.74) is 9.36. The largest absolute Gasteiger partial charge is 0.370 e. The summed E-state index contributed by atoms with van der Waals surface area (Å²) < 4.78 is 6.33. The van der Waals surface area contributed by atoms with E-state index in [9.17, 15) is 9.59 Å². The Morgan fingerprint density at radius 1 is 1.09 bits per heavy atom. The molecule has 2 unspecified atom stereocenters. The number of hydrogen-bond donors (Lipinski definition) is 3. The molecule has 1 spiro atoms. The molecule has 3 heterocycles.